The molecule has 54 valence electrons. The van der Waals surface area contributed by atoms with Crippen molar-refractivity contribution in [2.75, 3.05) is 13.1 Å². The molecule has 1 amide bonds. The third kappa shape index (κ3) is 0.735. The maximum atomic E-state index is 11.0. The van der Waals surface area contributed by atoms with Crippen LogP contribution in [0, 0.1) is 0 Å². The van der Waals surface area contributed by atoms with Crippen molar-refractivity contribution >= 4 is 11.7 Å². The Morgan fingerprint density at radius 2 is 2.30 bits per heavy atom. The van der Waals surface area contributed by atoms with Crippen LogP contribution < -0.4 is 0 Å². The summed E-state index contributed by atoms with van der Waals surface area (Å²) in [6.07, 6.45) is 3.35. The molecule has 2 aliphatic heterocycles. The van der Waals surface area contributed by atoms with E-state index in [-0.39, 0.29) is 5.91 Å². The number of hydrogen-bond donors (Lipinski definition) is 0. The summed E-state index contributed by atoms with van der Waals surface area (Å²) < 4.78 is 0. The molecule has 0 saturated carbocycles. The molecule has 1 saturated heterocycles. The summed E-state index contributed by atoms with van der Waals surface area (Å²) in [6, 6.07) is 0. The summed E-state index contributed by atoms with van der Waals surface area (Å²) in [5.74, 6) is 1.21. The summed E-state index contributed by atoms with van der Waals surface area (Å²) in [5, 5.41) is 0. The van der Waals surface area contributed by atoms with Gasteiger partial charge >= 0.3 is 0 Å². The third-order valence-electron chi connectivity index (χ3n) is 2.04. The molecule has 0 radical (unpaired) electrons. The molecule has 0 bridgehead atoms. The van der Waals surface area contributed by atoms with Gasteiger partial charge in [0.05, 0.1) is 0 Å². The lowest BCUT2D eigenvalue weighted by molar-refractivity contribution is -0.125. The largest absolute Gasteiger partial charge is 0.299 e. The second-order valence-corrected chi connectivity index (χ2v) is 2.73. The molecule has 2 heterocycles. The first kappa shape index (κ1) is 5.89. The third-order valence-corrected chi connectivity index (χ3v) is 2.04. The predicted molar refractivity (Wildman–Crippen MR) is 37.9 cm³/mol. The van der Waals surface area contributed by atoms with E-state index in [0.29, 0.717) is 6.54 Å². The van der Waals surface area contributed by atoms with E-state index >= 15 is 0 Å². The molecule has 2 aliphatic rings. The van der Waals surface area contributed by atoms with Gasteiger partial charge in [0.15, 0.2) is 0 Å². The Balaban J connectivity index is 2.18. The lowest BCUT2D eigenvalue weighted by Gasteiger charge is -2.22. The summed E-state index contributed by atoms with van der Waals surface area (Å²) in [4.78, 5) is 17.0. The minimum absolute atomic E-state index is 0.190. The van der Waals surface area contributed by atoms with Crippen molar-refractivity contribution in [2.45, 2.75) is 19.3 Å². The van der Waals surface area contributed by atoms with Gasteiger partial charge in [-0.2, -0.15) is 0 Å². The van der Waals surface area contributed by atoms with Gasteiger partial charge in [0.1, 0.15) is 12.4 Å². The molecular formula is C7H10N2O. The Morgan fingerprint density at radius 1 is 1.40 bits per heavy atom. The van der Waals surface area contributed by atoms with Gasteiger partial charge in [-0.15, -0.1) is 0 Å². The van der Waals surface area contributed by atoms with Crippen LogP contribution in [-0.2, 0) is 4.79 Å². The lowest BCUT2D eigenvalue weighted by atomic mass is 10.1. The number of aliphatic imine (C=N–C) groups is 1. The molecule has 3 nitrogen and oxygen atoms in total. The Kier molecular flexibility index (Phi) is 1.22. The van der Waals surface area contributed by atoms with Crippen molar-refractivity contribution < 1.29 is 4.79 Å². The SMILES string of the molecule is O=C1CN=C2CCCCN12. The van der Waals surface area contributed by atoms with E-state index in [4.69, 9.17) is 0 Å². The summed E-state index contributed by atoms with van der Waals surface area (Å²) in [5.41, 5.74) is 0. The molecule has 1 fully saturated rings. The van der Waals surface area contributed by atoms with Crippen LogP contribution >= 0.6 is 0 Å². The first-order valence-corrected chi connectivity index (χ1v) is 3.71. The highest BCUT2D eigenvalue weighted by Crippen LogP contribution is 2.15. The molecule has 0 aromatic carbocycles. The van der Waals surface area contributed by atoms with E-state index in [0.717, 1.165) is 25.2 Å². The second kappa shape index (κ2) is 2.08. The Hall–Kier alpha value is -0.860. The first-order chi connectivity index (χ1) is 4.88. The predicted octanol–water partition coefficient (Wildman–Crippen LogP) is 0.411. The van der Waals surface area contributed by atoms with Crippen LogP contribution in [0.15, 0.2) is 4.99 Å². The first-order valence-electron chi connectivity index (χ1n) is 3.71. The number of carbonyl (C=O) groups excluding carboxylic acids is 1. The molecule has 0 aromatic heterocycles. The van der Waals surface area contributed by atoms with E-state index in [1.807, 2.05) is 4.90 Å². The second-order valence-electron chi connectivity index (χ2n) is 2.73. The van der Waals surface area contributed by atoms with Crippen molar-refractivity contribution in [3.8, 4) is 0 Å². The zero-order chi connectivity index (χ0) is 6.97. The van der Waals surface area contributed by atoms with Gasteiger partial charge in [-0.1, -0.05) is 0 Å². The monoisotopic (exact) mass is 138 g/mol. The quantitative estimate of drug-likeness (QED) is 0.477. The number of rotatable bonds is 0. The fourth-order valence-electron chi connectivity index (χ4n) is 1.49. The highest BCUT2D eigenvalue weighted by atomic mass is 16.2. The van der Waals surface area contributed by atoms with Gasteiger partial charge in [-0.25, -0.2) is 0 Å². The molecule has 0 N–H and O–H groups in total. The number of piperidine rings is 1. The molecule has 10 heavy (non-hydrogen) atoms. The van der Waals surface area contributed by atoms with Crippen molar-refractivity contribution in [1.29, 1.82) is 0 Å². The number of carbonyl (C=O) groups is 1. The number of amidine groups is 1. The van der Waals surface area contributed by atoms with E-state index in [1.165, 1.54) is 6.42 Å². The van der Waals surface area contributed by atoms with Crippen LogP contribution in [0.4, 0.5) is 0 Å². The van der Waals surface area contributed by atoms with Crippen LogP contribution in [-0.4, -0.2) is 29.7 Å². The van der Waals surface area contributed by atoms with Gasteiger partial charge in [-0.3, -0.25) is 14.7 Å². The normalized spacial score (nSPS) is 24.6. The lowest BCUT2D eigenvalue weighted by Crippen LogP contribution is -2.36. The molecule has 0 atom stereocenters. The molecule has 0 spiro atoms. The summed E-state index contributed by atoms with van der Waals surface area (Å²) in [7, 11) is 0. The van der Waals surface area contributed by atoms with Gasteiger partial charge in [0.25, 0.3) is 0 Å². The topological polar surface area (TPSA) is 32.7 Å². The molecule has 2 rings (SSSR count). The van der Waals surface area contributed by atoms with Gasteiger partial charge in [0, 0.05) is 13.0 Å². The van der Waals surface area contributed by atoms with E-state index in [9.17, 15) is 4.79 Å². The van der Waals surface area contributed by atoms with Crippen molar-refractivity contribution in [3.63, 3.8) is 0 Å². The van der Waals surface area contributed by atoms with Crippen molar-refractivity contribution in [3.05, 3.63) is 0 Å². The average Bonchev–Trinajstić information content (AvgIpc) is 2.34. The van der Waals surface area contributed by atoms with Crippen LogP contribution in [0.3, 0.4) is 0 Å². The van der Waals surface area contributed by atoms with E-state index in [2.05, 4.69) is 4.99 Å². The van der Waals surface area contributed by atoms with Crippen LogP contribution in [0.1, 0.15) is 19.3 Å². The van der Waals surface area contributed by atoms with E-state index in [1.54, 1.807) is 0 Å². The minimum atomic E-state index is 0.190. The standard InChI is InChI=1S/C7H10N2O/c10-7-5-8-6-3-1-2-4-9(6)7/h1-5H2. The average molecular weight is 138 g/mol. The Morgan fingerprint density at radius 3 is 3.10 bits per heavy atom. The van der Waals surface area contributed by atoms with Gasteiger partial charge < -0.3 is 0 Å². The van der Waals surface area contributed by atoms with Crippen LogP contribution in [0.25, 0.3) is 0 Å². The highest BCUT2D eigenvalue weighted by molar-refractivity contribution is 6.04. The minimum Gasteiger partial charge on any atom is -0.299 e. The molecular weight excluding hydrogens is 128 g/mol. The Bertz CT molecular complexity index is 198. The smallest absolute Gasteiger partial charge is 0.249 e. The molecule has 0 unspecified atom stereocenters. The maximum absolute atomic E-state index is 11.0. The Labute approximate surface area is 59.7 Å². The fourth-order valence-corrected chi connectivity index (χ4v) is 1.49. The maximum Gasteiger partial charge on any atom is 0.249 e. The zero-order valence-corrected chi connectivity index (χ0v) is 5.84. The molecule has 0 aromatic rings. The molecule has 0 aliphatic carbocycles. The number of nitrogens with zero attached hydrogens (tertiary/aromatic N) is 2. The van der Waals surface area contributed by atoms with Gasteiger partial charge in [-0.05, 0) is 12.8 Å². The molecule has 3 heteroatoms. The summed E-state index contributed by atoms with van der Waals surface area (Å²) >= 11 is 0. The number of amides is 1. The van der Waals surface area contributed by atoms with E-state index < -0.39 is 0 Å². The fraction of sp³-hybridized carbons (Fsp3) is 0.714. The van der Waals surface area contributed by atoms with Crippen LogP contribution in [0.5, 0.6) is 0 Å². The van der Waals surface area contributed by atoms with Crippen molar-refractivity contribution in [2.24, 2.45) is 4.99 Å². The van der Waals surface area contributed by atoms with Crippen molar-refractivity contribution in [1.82, 2.24) is 4.90 Å². The highest BCUT2D eigenvalue weighted by Gasteiger charge is 2.26. The number of hydrogen-bond acceptors (Lipinski definition) is 2. The van der Waals surface area contributed by atoms with Gasteiger partial charge in [0.2, 0.25) is 5.91 Å². The van der Waals surface area contributed by atoms with Crippen LogP contribution in [0.2, 0.25) is 0 Å². The number of fused-ring (bicyclic) bond motifs is 1. The summed E-state index contributed by atoms with van der Waals surface area (Å²) in [6.45, 7) is 1.30. The zero-order valence-electron chi connectivity index (χ0n) is 5.84.